The number of cyclic esters (lactones) is 1. The Balaban J connectivity index is 1.62. The highest BCUT2D eigenvalue weighted by molar-refractivity contribution is 7.11. The van der Waals surface area contributed by atoms with E-state index in [2.05, 4.69) is 24.5 Å². The van der Waals surface area contributed by atoms with Gasteiger partial charge in [0.2, 0.25) is 0 Å². The molecule has 5 rings (SSSR count). The summed E-state index contributed by atoms with van der Waals surface area (Å²) in [5.74, 6) is 0.242. The smallest absolute Gasteiger partial charge is 0.329 e. The first-order valence-electron chi connectivity index (χ1n) is 9.75. The quantitative estimate of drug-likeness (QED) is 0.622. The van der Waals surface area contributed by atoms with Crippen molar-refractivity contribution in [3.8, 4) is 0 Å². The van der Waals surface area contributed by atoms with Gasteiger partial charge in [-0.05, 0) is 47.1 Å². The molecule has 1 aliphatic carbocycles. The van der Waals surface area contributed by atoms with Crippen molar-refractivity contribution in [1.29, 1.82) is 0 Å². The van der Waals surface area contributed by atoms with Gasteiger partial charge in [-0.2, -0.15) is 0 Å². The summed E-state index contributed by atoms with van der Waals surface area (Å²) in [6.07, 6.45) is 6.40. The minimum Gasteiger partial charge on any atom is -0.466 e. The summed E-state index contributed by atoms with van der Waals surface area (Å²) < 4.78 is 8.75. The normalized spacial score (nSPS) is 21.7. The summed E-state index contributed by atoms with van der Waals surface area (Å²) in [4.78, 5) is 26.5. The molecule has 0 saturated carbocycles. The van der Waals surface area contributed by atoms with Crippen LogP contribution in [0, 0.1) is 0 Å². The third-order valence-corrected chi connectivity index (χ3v) is 6.88. The highest BCUT2D eigenvalue weighted by Gasteiger charge is 2.27. The molecule has 0 radical (unpaired) electrons. The van der Waals surface area contributed by atoms with Gasteiger partial charge >= 0.3 is 11.7 Å². The zero-order valence-electron chi connectivity index (χ0n) is 15.8. The maximum atomic E-state index is 13.4. The van der Waals surface area contributed by atoms with Crippen molar-refractivity contribution in [2.75, 3.05) is 6.61 Å². The zero-order valence-corrected chi connectivity index (χ0v) is 16.6. The summed E-state index contributed by atoms with van der Waals surface area (Å²) in [6, 6.07) is 7.74. The van der Waals surface area contributed by atoms with Gasteiger partial charge in [0.15, 0.2) is 0 Å². The summed E-state index contributed by atoms with van der Waals surface area (Å²) in [5, 5.41) is 2.19. The Kier molecular flexibility index (Phi) is 4.23. The molecule has 2 aliphatic rings. The lowest BCUT2D eigenvalue weighted by Gasteiger charge is -2.22. The molecular formula is C22H22N2O3S. The number of ether oxygens (including phenoxy) is 1. The molecule has 0 N–H and O–H groups in total. The van der Waals surface area contributed by atoms with Crippen molar-refractivity contribution in [2.45, 2.75) is 44.7 Å². The van der Waals surface area contributed by atoms with Crippen LogP contribution >= 0.6 is 11.3 Å². The standard InChI is InChI=1S/C22H22N2O3S/c1-14-5-4-8-19-21(14)15(13-28-19)12-23-17-6-2-3-7-18(17)24(22(23)26)16-9-10-27-20(25)11-16/h2-4,6-8,13-14,16H,5,9-12H2,1H3. The predicted molar refractivity (Wildman–Crippen MR) is 111 cm³/mol. The van der Waals surface area contributed by atoms with Gasteiger partial charge in [0, 0.05) is 11.3 Å². The van der Waals surface area contributed by atoms with E-state index in [1.54, 1.807) is 15.9 Å². The van der Waals surface area contributed by atoms with Gasteiger partial charge in [0.1, 0.15) is 0 Å². The molecule has 3 heterocycles. The van der Waals surface area contributed by atoms with Gasteiger partial charge in [0.05, 0.1) is 36.6 Å². The summed E-state index contributed by atoms with van der Waals surface area (Å²) in [6.45, 7) is 3.18. The number of aromatic nitrogens is 2. The average molecular weight is 394 g/mol. The second-order valence-corrected chi connectivity index (χ2v) is 8.58. The SMILES string of the molecule is CC1CC=Cc2scc(Cn3c(=O)n(C4CCOC(=O)C4)c4ccccc43)c21. The van der Waals surface area contributed by atoms with E-state index >= 15 is 0 Å². The second-order valence-electron chi connectivity index (χ2n) is 7.67. The Labute approximate surface area is 166 Å². The molecule has 0 spiro atoms. The van der Waals surface area contributed by atoms with E-state index in [9.17, 15) is 9.59 Å². The molecule has 144 valence electrons. The topological polar surface area (TPSA) is 53.2 Å². The van der Waals surface area contributed by atoms with E-state index in [0.717, 1.165) is 17.5 Å². The third-order valence-electron chi connectivity index (χ3n) is 5.87. The van der Waals surface area contributed by atoms with E-state index in [-0.39, 0.29) is 24.1 Å². The molecule has 3 aromatic rings. The number of allylic oxidation sites excluding steroid dienone is 1. The van der Waals surface area contributed by atoms with Crippen LogP contribution in [0.4, 0.5) is 0 Å². The van der Waals surface area contributed by atoms with Gasteiger partial charge in [-0.3, -0.25) is 13.9 Å². The van der Waals surface area contributed by atoms with E-state index in [4.69, 9.17) is 4.74 Å². The number of thiophene rings is 1. The molecule has 2 unspecified atom stereocenters. The largest absolute Gasteiger partial charge is 0.466 e. The van der Waals surface area contributed by atoms with Crippen molar-refractivity contribution in [3.05, 3.63) is 62.2 Å². The van der Waals surface area contributed by atoms with E-state index in [1.165, 1.54) is 16.0 Å². The van der Waals surface area contributed by atoms with Gasteiger partial charge in [-0.1, -0.05) is 25.1 Å². The maximum Gasteiger partial charge on any atom is 0.329 e. The molecule has 6 heteroatoms. The number of fused-ring (bicyclic) bond motifs is 2. The number of esters is 1. The van der Waals surface area contributed by atoms with E-state index in [1.807, 2.05) is 28.8 Å². The van der Waals surface area contributed by atoms with Crippen LogP contribution in [0.25, 0.3) is 17.1 Å². The molecular weight excluding hydrogens is 372 g/mol. The minimum absolute atomic E-state index is 0.0418. The Morgan fingerprint density at radius 1 is 1.21 bits per heavy atom. The molecule has 1 fully saturated rings. The van der Waals surface area contributed by atoms with E-state index in [0.29, 0.717) is 25.5 Å². The van der Waals surface area contributed by atoms with Crippen molar-refractivity contribution in [2.24, 2.45) is 0 Å². The molecule has 0 amide bonds. The minimum atomic E-state index is -0.229. The van der Waals surface area contributed by atoms with Crippen LogP contribution in [-0.2, 0) is 16.1 Å². The highest BCUT2D eigenvalue weighted by atomic mass is 32.1. The van der Waals surface area contributed by atoms with Gasteiger partial charge in [0.25, 0.3) is 0 Å². The average Bonchev–Trinajstić information content (AvgIpc) is 3.22. The number of para-hydroxylation sites is 2. The number of benzene rings is 1. The fourth-order valence-electron chi connectivity index (χ4n) is 4.52. The van der Waals surface area contributed by atoms with Crippen LogP contribution in [0.2, 0.25) is 0 Å². The molecule has 2 aromatic heterocycles. The van der Waals surface area contributed by atoms with Crippen LogP contribution in [-0.4, -0.2) is 21.7 Å². The molecule has 28 heavy (non-hydrogen) atoms. The number of nitrogens with zero attached hydrogens (tertiary/aromatic N) is 2. The van der Waals surface area contributed by atoms with Gasteiger partial charge < -0.3 is 4.74 Å². The number of carbonyl (C=O) groups excluding carboxylic acids is 1. The van der Waals surface area contributed by atoms with Gasteiger partial charge in [-0.25, -0.2) is 4.79 Å². The Morgan fingerprint density at radius 3 is 2.86 bits per heavy atom. The lowest BCUT2D eigenvalue weighted by atomic mass is 9.90. The van der Waals surface area contributed by atoms with Crippen LogP contribution in [0.5, 0.6) is 0 Å². The first kappa shape index (κ1) is 17.5. The molecule has 0 bridgehead atoms. The molecule has 2 atom stereocenters. The van der Waals surface area contributed by atoms with Crippen LogP contribution in [0.1, 0.15) is 54.1 Å². The number of rotatable bonds is 3. The predicted octanol–water partition coefficient (Wildman–Crippen LogP) is 4.31. The molecule has 1 saturated heterocycles. The Hall–Kier alpha value is -2.60. The second kappa shape index (κ2) is 6.78. The number of hydrogen-bond acceptors (Lipinski definition) is 4. The third kappa shape index (κ3) is 2.75. The highest BCUT2D eigenvalue weighted by Crippen LogP contribution is 2.37. The van der Waals surface area contributed by atoms with Crippen molar-refractivity contribution in [3.63, 3.8) is 0 Å². The summed E-state index contributed by atoms with van der Waals surface area (Å²) >= 11 is 1.75. The lowest BCUT2D eigenvalue weighted by molar-refractivity contribution is -0.148. The monoisotopic (exact) mass is 394 g/mol. The van der Waals surface area contributed by atoms with Crippen LogP contribution < -0.4 is 5.69 Å². The fourth-order valence-corrected chi connectivity index (χ4v) is 5.62. The molecule has 1 aromatic carbocycles. The Morgan fingerprint density at radius 2 is 2.04 bits per heavy atom. The summed E-state index contributed by atoms with van der Waals surface area (Å²) in [7, 11) is 0. The van der Waals surface area contributed by atoms with Crippen molar-refractivity contribution >= 4 is 34.4 Å². The van der Waals surface area contributed by atoms with Crippen molar-refractivity contribution in [1.82, 2.24) is 9.13 Å². The first-order chi connectivity index (χ1) is 13.6. The lowest BCUT2D eigenvalue weighted by Crippen LogP contribution is -2.32. The fraction of sp³-hybridized carbons (Fsp3) is 0.364. The van der Waals surface area contributed by atoms with Gasteiger partial charge in [-0.15, -0.1) is 11.3 Å². The maximum absolute atomic E-state index is 13.4. The van der Waals surface area contributed by atoms with Crippen LogP contribution in [0.15, 0.2) is 40.5 Å². The van der Waals surface area contributed by atoms with E-state index < -0.39 is 0 Å². The first-order valence-corrected chi connectivity index (χ1v) is 10.6. The van der Waals surface area contributed by atoms with Crippen molar-refractivity contribution < 1.29 is 9.53 Å². The Bertz CT molecular complexity index is 1150. The number of imidazole rings is 1. The summed E-state index contributed by atoms with van der Waals surface area (Å²) in [5.41, 5.74) is 4.37. The molecule has 1 aliphatic heterocycles. The zero-order chi connectivity index (χ0) is 19.3. The molecule has 5 nitrogen and oxygen atoms in total. The number of hydrogen-bond donors (Lipinski definition) is 0. The number of carbonyl (C=O) groups is 1. The van der Waals surface area contributed by atoms with Crippen LogP contribution in [0.3, 0.4) is 0 Å².